The summed E-state index contributed by atoms with van der Waals surface area (Å²) >= 11 is 0. The summed E-state index contributed by atoms with van der Waals surface area (Å²) in [7, 11) is 1.61. The average molecular weight is 436 g/mol. The summed E-state index contributed by atoms with van der Waals surface area (Å²) in [5, 5.41) is 0.548. The Morgan fingerprint density at radius 3 is 2.38 bits per heavy atom. The number of amides is 1. The topological polar surface area (TPSA) is 64.4 Å². The number of ether oxygens (including phenoxy) is 1. The van der Waals surface area contributed by atoms with Crippen molar-refractivity contribution < 1.29 is 9.53 Å². The second kappa shape index (κ2) is 10.4. The number of para-hydroxylation sites is 1. The summed E-state index contributed by atoms with van der Waals surface area (Å²) in [4.78, 5) is 33.5. The number of carbonyl (C=O) groups is 1. The standard InChI is InChI=1S/C26H33N3O3/c1-6-7-10-17-28(25(30)18(2)3)19(4)24-27-23-12-9-8-11-22(23)26(31)29(24)20-13-15-21(32-5)16-14-20/h8-9,11-16,18-19H,6-7,10,17H2,1-5H3. The van der Waals surface area contributed by atoms with E-state index >= 15 is 0 Å². The highest BCUT2D eigenvalue weighted by Crippen LogP contribution is 2.25. The molecule has 2 aromatic carbocycles. The Bertz CT molecular complexity index is 1120. The van der Waals surface area contributed by atoms with Crippen molar-refractivity contribution in [2.45, 2.75) is 53.0 Å². The van der Waals surface area contributed by atoms with Crippen molar-refractivity contribution in [3.8, 4) is 11.4 Å². The Morgan fingerprint density at radius 1 is 1.06 bits per heavy atom. The van der Waals surface area contributed by atoms with E-state index in [9.17, 15) is 9.59 Å². The molecular formula is C26H33N3O3. The van der Waals surface area contributed by atoms with Gasteiger partial charge in [0.2, 0.25) is 5.91 Å². The first-order valence-corrected chi connectivity index (χ1v) is 11.4. The van der Waals surface area contributed by atoms with E-state index in [1.54, 1.807) is 17.7 Å². The monoisotopic (exact) mass is 435 g/mol. The molecule has 170 valence electrons. The lowest BCUT2D eigenvalue weighted by atomic mass is 10.1. The number of methoxy groups -OCH3 is 1. The van der Waals surface area contributed by atoms with Crippen LogP contribution < -0.4 is 10.3 Å². The first-order chi connectivity index (χ1) is 15.4. The van der Waals surface area contributed by atoms with Gasteiger partial charge < -0.3 is 9.64 Å². The van der Waals surface area contributed by atoms with Gasteiger partial charge in [-0.15, -0.1) is 0 Å². The molecule has 0 aliphatic carbocycles. The Kier molecular flexibility index (Phi) is 7.67. The van der Waals surface area contributed by atoms with Crippen LogP contribution in [0.2, 0.25) is 0 Å². The molecule has 1 heterocycles. The maximum absolute atomic E-state index is 13.6. The van der Waals surface area contributed by atoms with Crippen LogP contribution in [0.1, 0.15) is 58.8 Å². The number of benzene rings is 2. The molecule has 0 fully saturated rings. The first-order valence-electron chi connectivity index (χ1n) is 11.4. The number of fused-ring (bicyclic) bond motifs is 1. The van der Waals surface area contributed by atoms with Gasteiger partial charge in [0.25, 0.3) is 5.56 Å². The van der Waals surface area contributed by atoms with Gasteiger partial charge in [0.15, 0.2) is 0 Å². The molecule has 1 atom stereocenters. The third-order valence-corrected chi connectivity index (χ3v) is 5.75. The highest BCUT2D eigenvalue weighted by molar-refractivity contribution is 5.79. The van der Waals surface area contributed by atoms with E-state index in [1.807, 2.05) is 68.1 Å². The smallest absolute Gasteiger partial charge is 0.266 e. The van der Waals surface area contributed by atoms with Crippen LogP contribution in [-0.2, 0) is 4.79 Å². The Labute approximate surface area is 189 Å². The second-order valence-electron chi connectivity index (χ2n) is 8.40. The maximum atomic E-state index is 13.6. The molecule has 32 heavy (non-hydrogen) atoms. The van der Waals surface area contributed by atoms with Crippen molar-refractivity contribution in [3.05, 3.63) is 64.7 Å². The number of hydrogen-bond acceptors (Lipinski definition) is 4. The van der Waals surface area contributed by atoms with Crippen molar-refractivity contribution in [2.75, 3.05) is 13.7 Å². The number of rotatable bonds is 9. The minimum Gasteiger partial charge on any atom is -0.497 e. The van der Waals surface area contributed by atoms with Gasteiger partial charge >= 0.3 is 0 Å². The molecule has 0 radical (unpaired) electrons. The molecule has 6 nitrogen and oxygen atoms in total. The predicted octanol–water partition coefficient (Wildman–Crippen LogP) is 5.13. The fourth-order valence-corrected chi connectivity index (χ4v) is 3.91. The van der Waals surface area contributed by atoms with Crippen molar-refractivity contribution in [1.82, 2.24) is 14.5 Å². The van der Waals surface area contributed by atoms with Gasteiger partial charge in [0, 0.05) is 12.5 Å². The van der Waals surface area contributed by atoms with Gasteiger partial charge in [-0.05, 0) is 49.7 Å². The maximum Gasteiger partial charge on any atom is 0.266 e. The zero-order chi connectivity index (χ0) is 23.3. The van der Waals surface area contributed by atoms with E-state index in [0.717, 1.165) is 19.3 Å². The summed E-state index contributed by atoms with van der Waals surface area (Å²) in [6.45, 7) is 8.56. The third-order valence-electron chi connectivity index (χ3n) is 5.75. The molecule has 3 aromatic rings. The summed E-state index contributed by atoms with van der Waals surface area (Å²) < 4.78 is 6.91. The van der Waals surface area contributed by atoms with Gasteiger partial charge in [-0.3, -0.25) is 14.2 Å². The van der Waals surface area contributed by atoms with Gasteiger partial charge in [0.1, 0.15) is 11.6 Å². The molecule has 0 aliphatic heterocycles. The van der Waals surface area contributed by atoms with Crippen LogP contribution in [-0.4, -0.2) is 34.0 Å². The van der Waals surface area contributed by atoms with E-state index in [1.165, 1.54) is 0 Å². The molecule has 1 aromatic heterocycles. The van der Waals surface area contributed by atoms with Crippen molar-refractivity contribution in [2.24, 2.45) is 5.92 Å². The molecule has 0 spiro atoms. The van der Waals surface area contributed by atoms with E-state index < -0.39 is 0 Å². The molecule has 1 unspecified atom stereocenters. The Hall–Kier alpha value is -3.15. The fraction of sp³-hybridized carbons (Fsp3) is 0.423. The van der Waals surface area contributed by atoms with Crippen molar-refractivity contribution in [1.29, 1.82) is 0 Å². The predicted molar refractivity (Wildman–Crippen MR) is 128 cm³/mol. The zero-order valence-electron chi connectivity index (χ0n) is 19.7. The number of aromatic nitrogens is 2. The molecule has 3 rings (SSSR count). The van der Waals surface area contributed by atoms with Crippen LogP contribution in [0.3, 0.4) is 0 Å². The summed E-state index contributed by atoms with van der Waals surface area (Å²) in [5.74, 6) is 1.20. The minimum atomic E-state index is -0.360. The van der Waals surface area contributed by atoms with Crippen LogP contribution in [0.15, 0.2) is 53.3 Å². The average Bonchev–Trinajstić information content (AvgIpc) is 2.81. The number of nitrogens with zero attached hydrogens (tertiary/aromatic N) is 3. The Morgan fingerprint density at radius 2 is 1.75 bits per heavy atom. The highest BCUT2D eigenvalue weighted by atomic mass is 16.5. The normalized spacial score (nSPS) is 12.2. The largest absolute Gasteiger partial charge is 0.497 e. The second-order valence-corrected chi connectivity index (χ2v) is 8.40. The van der Waals surface area contributed by atoms with Gasteiger partial charge in [-0.1, -0.05) is 45.7 Å². The van der Waals surface area contributed by atoms with E-state index in [-0.39, 0.29) is 23.4 Å². The SMILES string of the molecule is CCCCCN(C(=O)C(C)C)C(C)c1nc2ccccc2c(=O)n1-c1ccc(OC)cc1. The first kappa shape index (κ1) is 23.5. The summed E-state index contributed by atoms with van der Waals surface area (Å²) in [6, 6.07) is 14.3. The molecule has 0 saturated heterocycles. The molecular weight excluding hydrogens is 402 g/mol. The van der Waals surface area contributed by atoms with Gasteiger partial charge in [-0.25, -0.2) is 4.98 Å². The lowest BCUT2D eigenvalue weighted by Gasteiger charge is -2.32. The Balaban J connectivity index is 2.19. The summed E-state index contributed by atoms with van der Waals surface area (Å²) in [6.07, 6.45) is 3.04. The van der Waals surface area contributed by atoms with E-state index in [0.29, 0.717) is 34.7 Å². The highest BCUT2D eigenvalue weighted by Gasteiger charge is 2.27. The van der Waals surface area contributed by atoms with Crippen LogP contribution in [0.4, 0.5) is 0 Å². The van der Waals surface area contributed by atoms with Crippen molar-refractivity contribution >= 4 is 16.8 Å². The van der Waals surface area contributed by atoms with Crippen LogP contribution in [0.25, 0.3) is 16.6 Å². The molecule has 0 aliphatic rings. The lowest BCUT2D eigenvalue weighted by Crippen LogP contribution is -2.40. The van der Waals surface area contributed by atoms with E-state index in [2.05, 4.69) is 6.92 Å². The lowest BCUT2D eigenvalue weighted by molar-refractivity contribution is -0.137. The van der Waals surface area contributed by atoms with Crippen LogP contribution >= 0.6 is 0 Å². The number of carbonyl (C=O) groups excluding carboxylic acids is 1. The molecule has 6 heteroatoms. The molecule has 0 bridgehead atoms. The minimum absolute atomic E-state index is 0.0669. The van der Waals surface area contributed by atoms with Crippen LogP contribution in [0, 0.1) is 5.92 Å². The van der Waals surface area contributed by atoms with E-state index in [4.69, 9.17) is 9.72 Å². The molecule has 0 saturated carbocycles. The number of unbranched alkanes of at least 4 members (excludes halogenated alkanes) is 2. The zero-order valence-corrected chi connectivity index (χ0v) is 19.7. The fourth-order valence-electron chi connectivity index (χ4n) is 3.91. The summed E-state index contributed by atoms with van der Waals surface area (Å²) in [5.41, 5.74) is 1.18. The van der Waals surface area contributed by atoms with Gasteiger partial charge in [0.05, 0.1) is 29.7 Å². The third kappa shape index (κ3) is 4.85. The number of hydrogen-bond donors (Lipinski definition) is 0. The quantitative estimate of drug-likeness (QED) is 0.437. The molecule has 0 N–H and O–H groups in total. The van der Waals surface area contributed by atoms with Gasteiger partial charge in [-0.2, -0.15) is 0 Å². The van der Waals surface area contributed by atoms with Crippen molar-refractivity contribution in [3.63, 3.8) is 0 Å². The van der Waals surface area contributed by atoms with Crippen LogP contribution in [0.5, 0.6) is 5.75 Å². The molecule has 1 amide bonds.